The Kier molecular flexibility index (Phi) is 7.69. The van der Waals surface area contributed by atoms with Crippen LogP contribution in [-0.2, 0) is 5.11 Å². The maximum absolute atomic E-state index is 14.3. The summed E-state index contributed by atoms with van der Waals surface area (Å²) >= 11 is 10.3. The summed E-state index contributed by atoms with van der Waals surface area (Å²) in [4.78, 5) is 4.08. The van der Waals surface area contributed by atoms with E-state index in [-0.39, 0.29) is 5.75 Å². The van der Waals surface area contributed by atoms with E-state index >= 15 is 0 Å². The van der Waals surface area contributed by atoms with Crippen LogP contribution in [0.2, 0.25) is 0 Å². The third-order valence-electron chi connectivity index (χ3n) is 5.42. The molecule has 0 atom stereocenters. The van der Waals surface area contributed by atoms with E-state index in [1.165, 1.54) is 0 Å². The van der Waals surface area contributed by atoms with Gasteiger partial charge in [-0.1, -0.05) is 116 Å². The van der Waals surface area contributed by atoms with E-state index in [1.54, 1.807) is 23.5 Å². The van der Waals surface area contributed by atoms with Gasteiger partial charge in [0.2, 0.25) is 0 Å². The third kappa shape index (κ3) is 5.70. The van der Waals surface area contributed by atoms with E-state index in [0.717, 1.165) is 50.8 Å². The van der Waals surface area contributed by atoms with Gasteiger partial charge in [-0.15, -0.1) is 0 Å². The smallest absolute Gasteiger partial charge is 0.196 e. The fourth-order valence-corrected chi connectivity index (χ4v) is 6.46. The second-order valence-electron chi connectivity index (χ2n) is 7.80. The predicted octanol–water partition coefficient (Wildman–Crippen LogP) is 11.0. The minimum absolute atomic E-state index is 0.0361. The van der Waals surface area contributed by atoms with Gasteiger partial charge in [0.1, 0.15) is 0 Å². The van der Waals surface area contributed by atoms with Crippen LogP contribution in [0.15, 0.2) is 144 Å². The molecule has 5 aromatic carbocycles. The molecule has 0 saturated heterocycles. The molecule has 5 rings (SSSR count). The highest BCUT2D eigenvalue weighted by Crippen LogP contribution is 2.51. The molecular weight excluding hydrogens is 600 g/mol. The van der Waals surface area contributed by atoms with Crippen molar-refractivity contribution in [1.82, 2.24) is 0 Å². The first-order chi connectivity index (χ1) is 17.1. The largest absolute Gasteiger partial charge is 0.288 e. The number of rotatable bonds is 6. The second kappa shape index (κ2) is 11.1. The van der Waals surface area contributed by atoms with Crippen molar-refractivity contribution in [3.8, 4) is 28.0 Å². The Bertz CT molecular complexity index is 1330. The normalized spacial score (nSPS) is 10.9. The van der Waals surface area contributed by atoms with E-state index in [4.69, 9.17) is 0 Å². The van der Waals surface area contributed by atoms with Gasteiger partial charge in [-0.3, -0.25) is 5.11 Å². The van der Waals surface area contributed by atoms with Gasteiger partial charge in [0.05, 0.1) is 0 Å². The van der Waals surface area contributed by atoms with Crippen molar-refractivity contribution in [2.75, 3.05) is 0 Å². The fraction of sp³-hybridized carbons (Fsp3) is 0. The molecule has 0 unspecified atom stereocenters. The van der Waals surface area contributed by atoms with Crippen LogP contribution in [0, 0.1) is 0 Å². The maximum Gasteiger partial charge on any atom is 0.196 e. The Morgan fingerprint density at radius 3 is 1.23 bits per heavy atom. The molecule has 0 aliphatic carbocycles. The Morgan fingerprint density at radius 1 is 0.486 bits per heavy atom. The number of hydrogen-bond acceptors (Lipinski definition) is 2. The van der Waals surface area contributed by atoms with Crippen LogP contribution < -0.4 is 0 Å². The monoisotopic (exact) mass is 617 g/mol. The minimum Gasteiger partial charge on any atom is -0.288 e. The Balaban J connectivity index is 1.76. The highest BCUT2D eigenvalue weighted by Gasteiger charge is 2.23. The first kappa shape index (κ1) is 24.3. The summed E-state index contributed by atoms with van der Waals surface area (Å²) in [6.45, 7) is 0. The first-order valence-corrected chi connectivity index (χ1v) is 14.2. The van der Waals surface area contributed by atoms with Crippen LogP contribution in [0.4, 0.5) is 0 Å². The molecule has 5 aromatic rings. The van der Waals surface area contributed by atoms with E-state index in [2.05, 4.69) is 62.2 Å². The highest BCUT2D eigenvalue weighted by atomic mass is 79.9. The molecule has 35 heavy (non-hydrogen) atoms. The van der Waals surface area contributed by atoms with Crippen molar-refractivity contribution in [2.24, 2.45) is 0 Å². The molecule has 0 aliphatic rings. The fourth-order valence-electron chi connectivity index (χ4n) is 3.78. The van der Waals surface area contributed by atoms with E-state index in [9.17, 15) is 5.11 Å². The minimum atomic E-state index is 0.0361. The van der Waals surface area contributed by atoms with Crippen LogP contribution in [0.5, 0.6) is 5.75 Å². The molecule has 1 nitrogen and oxygen atoms in total. The lowest BCUT2D eigenvalue weighted by atomic mass is 9.97. The number of hydrogen-bond donors (Lipinski definition) is 0. The zero-order valence-corrected chi connectivity index (χ0v) is 23.3. The molecular formula is C30H19Br2OS2. The summed E-state index contributed by atoms with van der Waals surface area (Å²) in [7, 11) is 0. The molecule has 0 amide bonds. The van der Waals surface area contributed by atoms with Gasteiger partial charge in [0.15, 0.2) is 5.75 Å². The molecule has 0 bridgehead atoms. The van der Waals surface area contributed by atoms with Crippen LogP contribution >= 0.6 is 55.4 Å². The van der Waals surface area contributed by atoms with Gasteiger partial charge in [0.25, 0.3) is 0 Å². The molecule has 0 N–H and O–H groups in total. The number of benzene rings is 5. The van der Waals surface area contributed by atoms with E-state index in [0.29, 0.717) is 0 Å². The quantitative estimate of drug-likeness (QED) is 0.189. The van der Waals surface area contributed by atoms with E-state index in [1.807, 2.05) is 84.9 Å². The summed E-state index contributed by atoms with van der Waals surface area (Å²) in [6, 6.07) is 38.5. The maximum atomic E-state index is 14.3. The van der Waals surface area contributed by atoms with Crippen molar-refractivity contribution in [2.45, 2.75) is 19.6 Å². The average molecular weight is 619 g/mol. The lowest BCUT2D eigenvalue weighted by Gasteiger charge is -2.18. The molecule has 5 heteroatoms. The van der Waals surface area contributed by atoms with Gasteiger partial charge in [-0.25, -0.2) is 0 Å². The van der Waals surface area contributed by atoms with Gasteiger partial charge in [0, 0.05) is 39.7 Å². The van der Waals surface area contributed by atoms with Gasteiger partial charge >= 0.3 is 0 Å². The summed E-state index contributed by atoms with van der Waals surface area (Å²) in [6.07, 6.45) is 0. The molecule has 1 radical (unpaired) electrons. The van der Waals surface area contributed by atoms with E-state index < -0.39 is 0 Å². The summed E-state index contributed by atoms with van der Waals surface area (Å²) < 4.78 is 1.96. The van der Waals surface area contributed by atoms with Crippen LogP contribution in [-0.4, -0.2) is 0 Å². The van der Waals surface area contributed by atoms with Gasteiger partial charge < -0.3 is 0 Å². The zero-order valence-electron chi connectivity index (χ0n) is 18.5. The molecule has 171 valence electrons. The SMILES string of the molecule is [O]c1c(-c2ccc(Br)cc2)c(Sc2ccccc2)cc(Sc2ccccc2)c1-c1ccc(Br)cc1. The summed E-state index contributed by atoms with van der Waals surface area (Å²) in [5.41, 5.74) is 3.26. The van der Waals surface area contributed by atoms with Crippen molar-refractivity contribution in [3.63, 3.8) is 0 Å². The predicted molar refractivity (Wildman–Crippen MR) is 154 cm³/mol. The summed E-state index contributed by atoms with van der Waals surface area (Å²) in [5.74, 6) is 0.0361. The summed E-state index contributed by atoms with van der Waals surface area (Å²) in [5, 5.41) is 14.3. The highest BCUT2D eigenvalue weighted by molar-refractivity contribution is 9.10. The van der Waals surface area contributed by atoms with Gasteiger partial charge in [-0.2, -0.15) is 0 Å². The molecule has 0 heterocycles. The lowest BCUT2D eigenvalue weighted by Crippen LogP contribution is -1.91. The zero-order chi connectivity index (χ0) is 24.2. The van der Waals surface area contributed by atoms with Crippen LogP contribution in [0.3, 0.4) is 0 Å². The molecule has 0 fully saturated rings. The molecule has 0 aliphatic heterocycles. The standard InChI is InChI=1S/C30H19Br2OS2/c31-22-15-11-20(12-16-22)28-26(34-24-7-3-1-4-8-24)19-27(35-25-9-5-2-6-10-25)29(30(28)33)21-13-17-23(32)18-14-21/h1-19H. The Labute approximate surface area is 230 Å². The first-order valence-electron chi connectivity index (χ1n) is 10.9. The van der Waals surface area contributed by atoms with Crippen LogP contribution in [0.1, 0.15) is 0 Å². The Morgan fingerprint density at radius 2 is 0.857 bits per heavy atom. The molecule has 0 spiro atoms. The topological polar surface area (TPSA) is 19.9 Å². The van der Waals surface area contributed by atoms with Gasteiger partial charge in [-0.05, 0) is 65.7 Å². The van der Waals surface area contributed by atoms with Crippen molar-refractivity contribution >= 4 is 55.4 Å². The van der Waals surface area contributed by atoms with Crippen molar-refractivity contribution in [1.29, 1.82) is 0 Å². The van der Waals surface area contributed by atoms with Crippen molar-refractivity contribution < 1.29 is 5.11 Å². The Hall–Kier alpha value is -2.44. The number of halogens is 2. The second-order valence-corrected chi connectivity index (χ2v) is 11.9. The van der Waals surface area contributed by atoms with Crippen LogP contribution in [0.25, 0.3) is 22.3 Å². The third-order valence-corrected chi connectivity index (χ3v) is 8.57. The molecule has 0 saturated carbocycles. The molecule has 0 aromatic heterocycles. The lowest BCUT2D eigenvalue weighted by molar-refractivity contribution is 0.356. The van der Waals surface area contributed by atoms with Crippen molar-refractivity contribution in [3.05, 3.63) is 124 Å². The average Bonchev–Trinajstić information content (AvgIpc) is 2.87.